The Morgan fingerprint density at radius 2 is 2.17 bits per heavy atom. The maximum Gasteiger partial charge on any atom is 0.140 e. The van der Waals surface area contributed by atoms with Crippen LogP contribution in [-0.4, -0.2) is 27.1 Å². The van der Waals surface area contributed by atoms with E-state index in [9.17, 15) is 4.79 Å². The van der Waals surface area contributed by atoms with Gasteiger partial charge in [0.25, 0.3) is 0 Å². The van der Waals surface area contributed by atoms with Crippen LogP contribution in [0.2, 0.25) is 0 Å². The molecule has 1 aromatic heterocycles. The second-order valence-electron chi connectivity index (χ2n) is 5.41. The summed E-state index contributed by atoms with van der Waals surface area (Å²) >= 11 is 0. The maximum absolute atomic E-state index is 11.9. The normalized spacial score (nSPS) is 11.8. The number of hydrogen-bond acceptors (Lipinski definition) is 4. The number of nitrogens with zero attached hydrogens (tertiary/aromatic N) is 3. The molecular weight excluding hydrogens is 228 g/mol. The van der Waals surface area contributed by atoms with Gasteiger partial charge in [-0.3, -0.25) is 4.79 Å². The Bertz CT molecular complexity index is 384. The molecule has 0 radical (unpaired) electrons. The molecule has 1 aromatic rings. The van der Waals surface area contributed by atoms with Crippen LogP contribution in [0.1, 0.15) is 45.9 Å². The van der Waals surface area contributed by atoms with Crippen molar-refractivity contribution in [2.75, 3.05) is 6.54 Å². The van der Waals surface area contributed by atoms with Gasteiger partial charge in [-0.15, -0.1) is 0 Å². The predicted molar refractivity (Wildman–Crippen MR) is 71.1 cm³/mol. The number of carbonyl (C=O) groups is 1. The first-order chi connectivity index (χ1) is 8.48. The van der Waals surface area contributed by atoms with Crippen molar-refractivity contribution >= 4 is 5.78 Å². The highest BCUT2D eigenvalue weighted by Gasteiger charge is 2.19. The number of aromatic nitrogens is 3. The molecule has 5 heteroatoms. The van der Waals surface area contributed by atoms with Crippen LogP contribution in [0.5, 0.6) is 0 Å². The zero-order valence-corrected chi connectivity index (χ0v) is 11.6. The highest BCUT2D eigenvalue weighted by molar-refractivity contribution is 5.80. The minimum atomic E-state index is 0.142. The molecule has 18 heavy (non-hydrogen) atoms. The topological polar surface area (TPSA) is 73.8 Å². The molecule has 0 saturated carbocycles. The number of nitrogens with two attached hydrogens (primary N) is 1. The largest absolute Gasteiger partial charge is 0.330 e. The molecular formula is C13H24N4O. The molecule has 102 valence electrons. The summed E-state index contributed by atoms with van der Waals surface area (Å²) < 4.78 is 1.77. The van der Waals surface area contributed by atoms with Crippen molar-refractivity contribution in [3.05, 3.63) is 12.2 Å². The summed E-state index contributed by atoms with van der Waals surface area (Å²) in [6.07, 6.45) is 4.30. The zero-order valence-electron chi connectivity index (χ0n) is 11.6. The van der Waals surface area contributed by atoms with E-state index in [1.165, 1.54) is 6.33 Å². The van der Waals surface area contributed by atoms with E-state index < -0.39 is 0 Å². The molecule has 0 bridgehead atoms. The maximum atomic E-state index is 11.9. The van der Waals surface area contributed by atoms with Crippen LogP contribution >= 0.6 is 0 Å². The molecule has 2 N–H and O–H groups in total. The lowest BCUT2D eigenvalue weighted by atomic mass is 9.83. The molecule has 1 rings (SSSR count). The van der Waals surface area contributed by atoms with Crippen molar-refractivity contribution in [1.82, 2.24) is 14.8 Å². The van der Waals surface area contributed by atoms with Crippen molar-refractivity contribution in [2.24, 2.45) is 11.1 Å². The van der Waals surface area contributed by atoms with E-state index in [2.05, 4.69) is 23.9 Å². The quantitative estimate of drug-likeness (QED) is 0.762. The second kappa shape index (κ2) is 6.64. The van der Waals surface area contributed by atoms with Gasteiger partial charge < -0.3 is 5.73 Å². The van der Waals surface area contributed by atoms with Crippen molar-refractivity contribution in [3.63, 3.8) is 0 Å². The van der Waals surface area contributed by atoms with Gasteiger partial charge in [0.05, 0.1) is 6.42 Å². The highest BCUT2D eigenvalue weighted by Crippen LogP contribution is 2.26. The number of aryl methyl sites for hydroxylation is 1. The summed E-state index contributed by atoms with van der Waals surface area (Å²) in [6, 6.07) is 0. The molecule has 0 spiro atoms. The molecule has 0 aliphatic carbocycles. The van der Waals surface area contributed by atoms with Crippen LogP contribution in [0.3, 0.4) is 0 Å². The number of hydrogen-bond donors (Lipinski definition) is 1. The zero-order chi connectivity index (χ0) is 13.6. The summed E-state index contributed by atoms with van der Waals surface area (Å²) in [5.41, 5.74) is 5.70. The average molecular weight is 252 g/mol. The van der Waals surface area contributed by atoms with E-state index in [0.717, 1.165) is 25.2 Å². The summed E-state index contributed by atoms with van der Waals surface area (Å²) in [7, 11) is 0. The third kappa shape index (κ3) is 4.56. The standard InChI is InChI=1S/C13H24N4O/c1-4-17-12(15-10-16-17)9-11(18)5-6-13(2,3)7-8-14/h10H,4-9,14H2,1-3H3. The van der Waals surface area contributed by atoms with Gasteiger partial charge in [0.2, 0.25) is 0 Å². The number of carbonyl (C=O) groups excluding carboxylic acids is 1. The van der Waals surface area contributed by atoms with Crippen LogP contribution in [-0.2, 0) is 17.8 Å². The van der Waals surface area contributed by atoms with Gasteiger partial charge in [0.15, 0.2) is 0 Å². The lowest BCUT2D eigenvalue weighted by molar-refractivity contribution is -0.119. The Morgan fingerprint density at radius 3 is 2.78 bits per heavy atom. The van der Waals surface area contributed by atoms with E-state index in [-0.39, 0.29) is 11.2 Å². The molecule has 0 atom stereocenters. The van der Waals surface area contributed by atoms with Gasteiger partial charge in [-0.2, -0.15) is 5.10 Å². The first kappa shape index (κ1) is 14.8. The van der Waals surface area contributed by atoms with E-state index in [0.29, 0.717) is 19.4 Å². The van der Waals surface area contributed by atoms with E-state index in [1.54, 1.807) is 4.68 Å². The van der Waals surface area contributed by atoms with E-state index in [1.807, 2.05) is 6.92 Å². The fraction of sp³-hybridized carbons (Fsp3) is 0.769. The van der Waals surface area contributed by atoms with Crippen molar-refractivity contribution < 1.29 is 4.79 Å². The van der Waals surface area contributed by atoms with Gasteiger partial charge in [-0.05, 0) is 31.7 Å². The molecule has 0 amide bonds. The Hall–Kier alpha value is -1.23. The van der Waals surface area contributed by atoms with Gasteiger partial charge in [0.1, 0.15) is 17.9 Å². The van der Waals surface area contributed by atoms with Crippen LogP contribution < -0.4 is 5.73 Å². The summed E-state index contributed by atoms with van der Waals surface area (Å²) in [5.74, 6) is 0.988. The lowest BCUT2D eigenvalue weighted by Gasteiger charge is -2.23. The van der Waals surface area contributed by atoms with Crippen molar-refractivity contribution in [1.29, 1.82) is 0 Å². The minimum absolute atomic E-state index is 0.142. The third-order valence-corrected chi connectivity index (χ3v) is 3.25. The van der Waals surface area contributed by atoms with Crippen LogP contribution in [0.4, 0.5) is 0 Å². The number of ketones is 1. The lowest BCUT2D eigenvalue weighted by Crippen LogP contribution is -2.19. The highest BCUT2D eigenvalue weighted by atomic mass is 16.1. The van der Waals surface area contributed by atoms with Gasteiger partial charge >= 0.3 is 0 Å². The molecule has 0 aromatic carbocycles. The van der Waals surface area contributed by atoms with Crippen molar-refractivity contribution in [2.45, 2.75) is 53.0 Å². The molecule has 5 nitrogen and oxygen atoms in total. The number of rotatable bonds is 8. The fourth-order valence-electron chi connectivity index (χ4n) is 1.95. The fourth-order valence-corrected chi connectivity index (χ4v) is 1.95. The molecule has 0 fully saturated rings. The summed E-state index contributed by atoms with van der Waals surface area (Å²) in [5, 5.41) is 4.06. The summed E-state index contributed by atoms with van der Waals surface area (Å²) in [4.78, 5) is 16.0. The molecule has 0 aliphatic rings. The summed E-state index contributed by atoms with van der Waals surface area (Å²) in [6.45, 7) is 7.73. The minimum Gasteiger partial charge on any atom is -0.330 e. The van der Waals surface area contributed by atoms with Gasteiger partial charge in [-0.1, -0.05) is 13.8 Å². The SMILES string of the molecule is CCn1ncnc1CC(=O)CCC(C)(C)CCN. The average Bonchev–Trinajstić information content (AvgIpc) is 2.74. The monoisotopic (exact) mass is 252 g/mol. The number of Topliss-reactive ketones (excluding diaryl/α,β-unsaturated/α-hetero) is 1. The van der Waals surface area contributed by atoms with Gasteiger partial charge in [0, 0.05) is 13.0 Å². The van der Waals surface area contributed by atoms with Crippen LogP contribution in [0.15, 0.2) is 6.33 Å². The molecule has 0 aliphatic heterocycles. The van der Waals surface area contributed by atoms with E-state index >= 15 is 0 Å². The first-order valence-electron chi connectivity index (χ1n) is 6.57. The molecule has 0 unspecified atom stereocenters. The Labute approximate surface area is 109 Å². The first-order valence-corrected chi connectivity index (χ1v) is 6.57. The Kier molecular flexibility index (Phi) is 5.47. The Morgan fingerprint density at radius 1 is 1.44 bits per heavy atom. The molecule has 0 saturated heterocycles. The Balaban J connectivity index is 2.43. The van der Waals surface area contributed by atoms with E-state index in [4.69, 9.17) is 5.73 Å². The third-order valence-electron chi connectivity index (χ3n) is 3.25. The predicted octanol–water partition coefficient (Wildman–Crippen LogP) is 1.56. The smallest absolute Gasteiger partial charge is 0.140 e. The van der Waals surface area contributed by atoms with Crippen molar-refractivity contribution in [3.8, 4) is 0 Å². The van der Waals surface area contributed by atoms with Crippen LogP contribution in [0.25, 0.3) is 0 Å². The van der Waals surface area contributed by atoms with Crippen LogP contribution in [0, 0.1) is 5.41 Å². The second-order valence-corrected chi connectivity index (χ2v) is 5.41. The van der Waals surface area contributed by atoms with Gasteiger partial charge in [-0.25, -0.2) is 9.67 Å². The molecule has 1 heterocycles.